The van der Waals surface area contributed by atoms with Gasteiger partial charge in [-0.05, 0) is 57.1 Å². The first-order chi connectivity index (χ1) is 16.8. The predicted molar refractivity (Wildman–Crippen MR) is 127 cm³/mol. The van der Waals surface area contributed by atoms with Crippen LogP contribution in [0.25, 0.3) is 11.2 Å². The Morgan fingerprint density at radius 3 is 2.57 bits per heavy atom. The molecule has 5 rings (SSSR count). The minimum absolute atomic E-state index is 0.0635. The van der Waals surface area contributed by atoms with E-state index in [-0.39, 0.29) is 46.7 Å². The van der Waals surface area contributed by atoms with Gasteiger partial charge >= 0.3 is 0 Å². The van der Waals surface area contributed by atoms with Crippen LogP contribution in [0.1, 0.15) is 51.0 Å². The second kappa shape index (κ2) is 9.54. The largest absolute Gasteiger partial charge is 0.393 e. The van der Waals surface area contributed by atoms with Crippen molar-refractivity contribution >= 4 is 46.3 Å². The van der Waals surface area contributed by atoms with Crippen molar-refractivity contribution in [1.29, 1.82) is 0 Å². The van der Waals surface area contributed by atoms with Gasteiger partial charge in [-0.3, -0.25) is 9.36 Å². The van der Waals surface area contributed by atoms with Crippen LogP contribution in [0.5, 0.6) is 0 Å². The number of hydrogen-bond acceptors (Lipinski definition) is 7. The van der Waals surface area contributed by atoms with E-state index in [9.17, 15) is 18.7 Å². The van der Waals surface area contributed by atoms with Crippen molar-refractivity contribution in [3.05, 3.63) is 35.0 Å². The number of nitrogens with one attached hydrogen (secondary N) is 2. The summed E-state index contributed by atoms with van der Waals surface area (Å²) in [6.07, 6.45) is 5.90. The van der Waals surface area contributed by atoms with Crippen LogP contribution in [-0.4, -0.2) is 42.7 Å². The van der Waals surface area contributed by atoms with Crippen molar-refractivity contribution in [3.8, 4) is 0 Å². The van der Waals surface area contributed by atoms with Gasteiger partial charge in [-0.2, -0.15) is 4.98 Å². The Bertz CT molecular complexity index is 1260. The number of nitrogens with two attached hydrogens (primary N) is 1. The van der Waals surface area contributed by atoms with E-state index in [1.54, 1.807) is 6.20 Å². The zero-order chi connectivity index (χ0) is 24.7. The highest BCUT2D eigenvalue weighted by Gasteiger charge is 2.30. The number of carbonyl (C=O) groups is 1. The van der Waals surface area contributed by atoms with Gasteiger partial charge in [0.25, 0.3) is 0 Å². The Hall–Kier alpha value is -3.05. The van der Waals surface area contributed by atoms with Gasteiger partial charge in [-0.1, -0.05) is 11.6 Å². The van der Waals surface area contributed by atoms with Crippen molar-refractivity contribution in [1.82, 2.24) is 19.5 Å². The summed E-state index contributed by atoms with van der Waals surface area (Å²) in [6, 6.07) is 2.59. The van der Waals surface area contributed by atoms with Gasteiger partial charge in [-0.25, -0.2) is 18.7 Å². The summed E-state index contributed by atoms with van der Waals surface area (Å²) >= 11 is 5.70. The van der Waals surface area contributed by atoms with Gasteiger partial charge in [0, 0.05) is 18.0 Å². The van der Waals surface area contributed by atoms with Crippen molar-refractivity contribution in [2.75, 3.05) is 10.6 Å². The Morgan fingerprint density at radius 2 is 1.89 bits per heavy atom. The van der Waals surface area contributed by atoms with Crippen LogP contribution in [0, 0.1) is 17.6 Å². The van der Waals surface area contributed by atoms with Gasteiger partial charge < -0.3 is 21.5 Å². The highest BCUT2D eigenvalue weighted by molar-refractivity contribution is 6.30. The molecule has 2 fully saturated rings. The second-order valence-corrected chi connectivity index (χ2v) is 9.68. The summed E-state index contributed by atoms with van der Waals surface area (Å²) in [5.41, 5.74) is 6.40. The minimum Gasteiger partial charge on any atom is -0.393 e. The lowest BCUT2D eigenvalue weighted by Crippen LogP contribution is -2.29. The van der Waals surface area contributed by atoms with E-state index < -0.39 is 11.6 Å². The number of halogens is 3. The zero-order valence-electron chi connectivity index (χ0n) is 18.8. The molecule has 2 atom stereocenters. The number of anilines is 3. The molecule has 1 amide bonds. The molecule has 0 unspecified atom stereocenters. The van der Waals surface area contributed by atoms with Crippen LogP contribution >= 0.6 is 11.6 Å². The highest BCUT2D eigenvalue weighted by atomic mass is 35.5. The van der Waals surface area contributed by atoms with E-state index in [0.29, 0.717) is 49.2 Å². The van der Waals surface area contributed by atoms with E-state index in [2.05, 4.69) is 25.6 Å². The zero-order valence-corrected chi connectivity index (χ0v) is 19.6. The molecule has 0 radical (unpaired) electrons. The molecule has 1 aromatic carbocycles. The first-order valence-corrected chi connectivity index (χ1v) is 12.1. The first kappa shape index (κ1) is 23.7. The summed E-state index contributed by atoms with van der Waals surface area (Å²) in [6.45, 7) is 0. The predicted octanol–water partition coefficient (Wildman–Crippen LogP) is 4.04. The molecule has 5 N–H and O–H groups in total. The smallest absolute Gasteiger partial charge is 0.224 e. The Labute approximate surface area is 205 Å². The van der Waals surface area contributed by atoms with Gasteiger partial charge in [0.15, 0.2) is 17.3 Å². The van der Waals surface area contributed by atoms with Crippen LogP contribution < -0.4 is 16.4 Å². The second-order valence-electron chi connectivity index (χ2n) is 9.27. The number of aliphatic hydroxyl groups excluding tert-OH is 1. The molecule has 2 heterocycles. The number of fused-ring (bicyclic) bond motifs is 1. The summed E-state index contributed by atoms with van der Waals surface area (Å²) in [5, 5.41) is 15.7. The molecule has 0 aliphatic heterocycles. The standard InChI is InChI=1S/C23H26ClF2N7O2/c24-15-7-8-16(19(26)18(15)25)30-23-31-17-10-28-22(29-12-3-6-14(34)9-12)32-21(17)33(23)13-4-1-11(2-5-13)20(27)35/h7-8,10-14,34H,1-6,9H2,(H2,27,35)(H,30,31)(H,28,29,32)/t11-,12-,13-,14-/m1/s1. The molecule has 0 spiro atoms. The van der Waals surface area contributed by atoms with Crippen LogP contribution in [0.15, 0.2) is 18.3 Å². The van der Waals surface area contributed by atoms with E-state index in [1.807, 2.05) is 4.57 Å². The molecule has 0 saturated heterocycles. The average molecular weight is 506 g/mol. The molecular weight excluding hydrogens is 480 g/mol. The first-order valence-electron chi connectivity index (χ1n) is 11.7. The van der Waals surface area contributed by atoms with Gasteiger partial charge in [-0.15, -0.1) is 0 Å². The maximum atomic E-state index is 14.6. The van der Waals surface area contributed by atoms with Crippen molar-refractivity contribution in [3.63, 3.8) is 0 Å². The minimum atomic E-state index is -1.15. The third-order valence-corrected chi connectivity index (χ3v) is 7.21. The number of rotatable bonds is 6. The van der Waals surface area contributed by atoms with Crippen LogP contribution in [0.2, 0.25) is 5.02 Å². The van der Waals surface area contributed by atoms with Gasteiger partial charge in [0.2, 0.25) is 17.8 Å². The number of hydrogen-bond donors (Lipinski definition) is 4. The van der Waals surface area contributed by atoms with Crippen molar-refractivity contribution in [2.24, 2.45) is 11.7 Å². The SMILES string of the molecule is NC(=O)[C@H]1CC[C@H](n2c(Nc3ccc(Cl)c(F)c3F)nc3cnc(N[C@@H]4CC[C@@H](O)C4)nc32)CC1. The number of primary amides is 1. The van der Waals surface area contributed by atoms with Crippen molar-refractivity contribution < 1.29 is 18.7 Å². The average Bonchev–Trinajstić information content (AvgIpc) is 3.41. The lowest BCUT2D eigenvalue weighted by Gasteiger charge is -2.29. The normalized spacial score (nSPS) is 24.6. The highest BCUT2D eigenvalue weighted by Crippen LogP contribution is 2.37. The Morgan fingerprint density at radius 1 is 1.11 bits per heavy atom. The maximum Gasteiger partial charge on any atom is 0.224 e. The summed E-state index contributed by atoms with van der Waals surface area (Å²) in [4.78, 5) is 25.3. The van der Waals surface area contributed by atoms with E-state index in [1.165, 1.54) is 12.1 Å². The number of benzene rings is 1. The molecule has 2 aliphatic carbocycles. The molecule has 3 aromatic rings. The Balaban J connectivity index is 1.52. The molecule has 2 saturated carbocycles. The van der Waals surface area contributed by atoms with Crippen LogP contribution in [-0.2, 0) is 4.79 Å². The van der Waals surface area contributed by atoms with Crippen LogP contribution in [0.3, 0.4) is 0 Å². The molecule has 2 aliphatic rings. The fourth-order valence-electron chi connectivity index (χ4n) is 5.03. The van der Waals surface area contributed by atoms with Gasteiger partial charge in [0.05, 0.1) is 23.0 Å². The quantitative estimate of drug-likeness (QED) is 0.372. The third kappa shape index (κ3) is 4.74. The number of nitrogens with zero attached hydrogens (tertiary/aromatic N) is 4. The number of amides is 1. The topological polar surface area (TPSA) is 131 Å². The molecule has 35 heavy (non-hydrogen) atoms. The van der Waals surface area contributed by atoms with E-state index in [4.69, 9.17) is 17.3 Å². The maximum absolute atomic E-state index is 14.6. The molecule has 186 valence electrons. The Kier molecular flexibility index (Phi) is 6.45. The van der Waals surface area contributed by atoms with Crippen molar-refractivity contribution in [2.45, 2.75) is 63.1 Å². The lowest BCUT2D eigenvalue weighted by molar-refractivity contribution is -0.122. The van der Waals surface area contributed by atoms with Gasteiger partial charge in [0.1, 0.15) is 5.52 Å². The molecule has 0 bridgehead atoms. The molecule has 12 heteroatoms. The van der Waals surface area contributed by atoms with E-state index >= 15 is 0 Å². The monoisotopic (exact) mass is 505 g/mol. The van der Waals surface area contributed by atoms with E-state index in [0.717, 1.165) is 12.8 Å². The summed E-state index contributed by atoms with van der Waals surface area (Å²) < 4.78 is 30.5. The number of carbonyl (C=O) groups excluding carboxylic acids is 1. The fourth-order valence-corrected chi connectivity index (χ4v) is 5.17. The number of imidazole rings is 1. The molecule has 9 nitrogen and oxygen atoms in total. The number of aliphatic hydroxyl groups is 1. The fraction of sp³-hybridized carbons (Fsp3) is 0.478. The molecule has 2 aromatic heterocycles. The summed E-state index contributed by atoms with van der Waals surface area (Å²) in [7, 11) is 0. The molecular formula is C23H26ClF2N7O2. The lowest BCUT2D eigenvalue weighted by atomic mass is 9.85. The van der Waals surface area contributed by atoms with Crippen LogP contribution in [0.4, 0.5) is 26.4 Å². The number of aromatic nitrogens is 4. The third-order valence-electron chi connectivity index (χ3n) is 6.92. The summed E-state index contributed by atoms with van der Waals surface area (Å²) in [5.74, 6) is -2.08.